The Labute approximate surface area is 79.8 Å². The molecule has 0 aliphatic carbocycles. The largest absolute Gasteiger partial charge is 0.376 e. The van der Waals surface area contributed by atoms with Gasteiger partial charge in [-0.25, -0.2) is 0 Å². The van der Waals surface area contributed by atoms with E-state index in [1.807, 2.05) is 13.8 Å². The van der Waals surface area contributed by atoms with E-state index >= 15 is 0 Å². The first-order valence-corrected chi connectivity index (χ1v) is 4.68. The van der Waals surface area contributed by atoms with Gasteiger partial charge < -0.3 is 20.5 Å². The lowest BCUT2D eigenvalue weighted by molar-refractivity contribution is -0.0731. The Morgan fingerprint density at radius 3 is 2.62 bits per heavy atom. The molecule has 2 unspecified atom stereocenters. The lowest BCUT2D eigenvalue weighted by atomic mass is 10.1. The fraction of sp³-hybridized carbons (Fsp3) is 1.00. The van der Waals surface area contributed by atoms with Crippen LogP contribution in [0.3, 0.4) is 0 Å². The van der Waals surface area contributed by atoms with Crippen molar-refractivity contribution in [3.8, 4) is 0 Å². The van der Waals surface area contributed by atoms with Gasteiger partial charge in [0.25, 0.3) is 0 Å². The van der Waals surface area contributed by atoms with Gasteiger partial charge in [-0.1, -0.05) is 0 Å². The van der Waals surface area contributed by atoms with Gasteiger partial charge in [-0.15, -0.1) is 0 Å². The van der Waals surface area contributed by atoms with Crippen molar-refractivity contribution in [3.63, 3.8) is 0 Å². The second-order valence-corrected chi connectivity index (χ2v) is 4.14. The van der Waals surface area contributed by atoms with Crippen LogP contribution in [0.4, 0.5) is 0 Å². The maximum Gasteiger partial charge on any atom is 0.0863 e. The van der Waals surface area contributed by atoms with E-state index in [-0.39, 0.29) is 17.7 Å². The molecule has 4 nitrogen and oxygen atoms in total. The van der Waals surface area contributed by atoms with Gasteiger partial charge in [0.1, 0.15) is 0 Å². The third-order valence-corrected chi connectivity index (χ3v) is 2.40. The standard InChI is InChI=1S/C9H20N2O2/c1-9(2,12-3)6-13-8-5-11-4-7(8)10/h7-8,11H,4-6,10H2,1-3H3. The van der Waals surface area contributed by atoms with Gasteiger partial charge in [0, 0.05) is 26.2 Å². The normalized spacial score (nSPS) is 29.5. The van der Waals surface area contributed by atoms with Crippen molar-refractivity contribution >= 4 is 0 Å². The summed E-state index contributed by atoms with van der Waals surface area (Å²) in [4.78, 5) is 0. The lowest BCUT2D eigenvalue weighted by Gasteiger charge is -2.25. The molecule has 2 atom stereocenters. The molecule has 1 aliphatic heterocycles. The fourth-order valence-electron chi connectivity index (χ4n) is 1.22. The van der Waals surface area contributed by atoms with Crippen molar-refractivity contribution in [1.29, 1.82) is 0 Å². The quantitative estimate of drug-likeness (QED) is 0.637. The van der Waals surface area contributed by atoms with Crippen molar-refractivity contribution in [1.82, 2.24) is 5.32 Å². The van der Waals surface area contributed by atoms with E-state index in [1.54, 1.807) is 7.11 Å². The summed E-state index contributed by atoms with van der Waals surface area (Å²) in [5.41, 5.74) is 5.60. The predicted molar refractivity (Wildman–Crippen MR) is 51.7 cm³/mol. The predicted octanol–water partition coefficient (Wildman–Crippen LogP) is -0.273. The molecule has 13 heavy (non-hydrogen) atoms. The number of ether oxygens (including phenoxy) is 2. The smallest absolute Gasteiger partial charge is 0.0863 e. The zero-order valence-corrected chi connectivity index (χ0v) is 8.67. The molecule has 0 bridgehead atoms. The highest BCUT2D eigenvalue weighted by Gasteiger charge is 2.27. The average Bonchev–Trinajstić information content (AvgIpc) is 2.48. The van der Waals surface area contributed by atoms with Crippen LogP contribution >= 0.6 is 0 Å². The van der Waals surface area contributed by atoms with E-state index in [4.69, 9.17) is 15.2 Å². The Kier molecular flexibility index (Phi) is 3.67. The van der Waals surface area contributed by atoms with Crippen LogP contribution in [0.1, 0.15) is 13.8 Å². The van der Waals surface area contributed by atoms with Crippen LogP contribution in [-0.2, 0) is 9.47 Å². The van der Waals surface area contributed by atoms with Crippen molar-refractivity contribution < 1.29 is 9.47 Å². The van der Waals surface area contributed by atoms with Gasteiger partial charge in [0.2, 0.25) is 0 Å². The van der Waals surface area contributed by atoms with Crippen molar-refractivity contribution in [2.45, 2.75) is 31.6 Å². The summed E-state index contributed by atoms with van der Waals surface area (Å²) in [5.74, 6) is 0. The third kappa shape index (κ3) is 3.23. The topological polar surface area (TPSA) is 56.5 Å². The van der Waals surface area contributed by atoms with E-state index < -0.39 is 0 Å². The average molecular weight is 188 g/mol. The number of rotatable bonds is 4. The fourth-order valence-corrected chi connectivity index (χ4v) is 1.22. The van der Waals surface area contributed by atoms with Crippen LogP contribution < -0.4 is 11.1 Å². The monoisotopic (exact) mass is 188 g/mol. The molecule has 3 N–H and O–H groups in total. The van der Waals surface area contributed by atoms with Gasteiger partial charge in [-0.05, 0) is 13.8 Å². The highest BCUT2D eigenvalue weighted by Crippen LogP contribution is 2.11. The molecular formula is C9H20N2O2. The summed E-state index contributed by atoms with van der Waals surface area (Å²) >= 11 is 0. The van der Waals surface area contributed by atoms with Gasteiger partial charge in [-0.3, -0.25) is 0 Å². The lowest BCUT2D eigenvalue weighted by Crippen LogP contribution is -2.39. The number of hydrogen-bond acceptors (Lipinski definition) is 4. The number of methoxy groups -OCH3 is 1. The van der Waals surface area contributed by atoms with Crippen LogP contribution in [0.25, 0.3) is 0 Å². The maximum atomic E-state index is 5.82. The Bertz CT molecular complexity index is 162. The summed E-state index contributed by atoms with van der Waals surface area (Å²) in [6.45, 7) is 6.28. The molecule has 0 aromatic rings. The Hall–Kier alpha value is -0.160. The highest BCUT2D eigenvalue weighted by molar-refractivity contribution is 4.85. The summed E-state index contributed by atoms with van der Waals surface area (Å²) in [5, 5.41) is 3.19. The minimum atomic E-state index is -0.220. The summed E-state index contributed by atoms with van der Waals surface area (Å²) < 4.78 is 10.9. The molecule has 0 aromatic heterocycles. The Balaban J connectivity index is 2.25. The third-order valence-electron chi connectivity index (χ3n) is 2.40. The first kappa shape index (κ1) is 10.9. The molecule has 0 saturated carbocycles. The van der Waals surface area contributed by atoms with E-state index in [2.05, 4.69) is 5.32 Å². The molecule has 0 amide bonds. The molecule has 1 heterocycles. The number of nitrogens with one attached hydrogen (secondary N) is 1. The van der Waals surface area contributed by atoms with E-state index in [0.717, 1.165) is 13.1 Å². The molecule has 0 aromatic carbocycles. The van der Waals surface area contributed by atoms with Gasteiger partial charge in [0.05, 0.1) is 18.3 Å². The first-order chi connectivity index (χ1) is 6.05. The Morgan fingerprint density at radius 2 is 2.15 bits per heavy atom. The first-order valence-electron chi connectivity index (χ1n) is 4.68. The van der Waals surface area contributed by atoms with E-state index in [0.29, 0.717) is 6.61 Å². The molecule has 1 aliphatic rings. The van der Waals surface area contributed by atoms with Gasteiger partial charge >= 0.3 is 0 Å². The zero-order chi connectivity index (χ0) is 9.90. The minimum absolute atomic E-state index is 0.118. The van der Waals surface area contributed by atoms with Crippen LogP contribution in [0.15, 0.2) is 0 Å². The van der Waals surface area contributed by atoms with Gasteiger partial charge in [-0.2, -0.15) is 0 Å². The molecule has 1 saturated heterocycles. The van der Waals surface area contributed by atoms with E-state index in [1.165, 1.54) is 0 Å². The van der Waals surface area contributed by atoms with Crippen LogP contribution in [0.2, 0.25) is 0 Å². The molecule has 78 valence electrons. The van der Waals surface area contributed by atoms with Crippen LogP contribution in [0, 0.1) is 0 Å². The van der Waals surface area contributed by atoms with Crippen molar-refractivity contribution in [2.75, 3.05) is 26.8 Å². The van der Waals surface area contributed by atoms with Crippen molar-refractivity contribution in [3.05, 3.63) is 0 Å². The molecule has 1 fully saturated rings. The second kappa shape index (κ2) is 4.37. The van der Waals surface area contributed by atoms with Crippen molar-refractivity contribution in [2.24, 2.45) is 5.73 Å². The molecule has 0 radical (unpaired) electrons. The summed E-state index contributed by atoms with van der Waals surface area (Å²) in [6.07, 6.45) is 0.134. The highest BCUT2D eigenvalue weighted by atomic mass is 16.5. The zero-order valence-electron chi connectivity index (χ0n) is 8.67. The summed E-state index contributed by atoms with van der Waals surface area (Å²) in [6, 6.07) is 0.118. The van der Waals surface area contributed by atoms with Crippen LogP contribution in [0.5, 0.6) is 0 Å². The minimum Gasteiger partial charge on any atom is -0.376 e. The molecule has 1 rings (SSSR count). The molecular weight excluding hydrogens is 168 g/mol. The number of nitrogens with two attached hydrogens (primary N) is 1. The number of hydrogen-bond donors (Lipinski definition) is 2. The van der Waals surface area contributed by atoms with Crippen LogP contribution in [-0.4, -0.2) is 44.6 Å². The molecule has 0 spiro atoms. The maximum absolute atomic E-state index is 5.82. The SMILES string of the molecule is COC(C)(C)COC1CNCC1N. The summed E-state index contributed by atoms with van der Waals surface area (Å²) in [7, 11) is 1.69. The molecule has 4 heteroatoms. The van der Waals surface area contributed by atoms with E-state index in [9.17, 15) is 0 Å². The van der Waals surface area contributed by atoms with Gasteiger partial charge in [0.15, 0.2) is 0 Å². The Morgan fingerprint density at radius 1 is 1.46 bits per heavy atom. The second-order valence-electron chi connectivity index (χ2n) is 4.14.